The lowest BCUT2D eigenvalue weighted by atomic mass is 10.0. The number of aromatic nitrogens is 1. The molecule has 4 rings (SSSR count). The fourth-order valence-electron chi connectivity index (χ4n) is 3.30. The summed E-state index contributed by atoms with van der Waals surface area (Å²) in [5.74, 6) is -0.494. The first-order valence-electron chi connectivity index (χ1n) is 7.82. The molecule has 0 radical (unpaired) electrons. The molecule has 7 heteroatoms. The van der Waals surface area contributed by atoms with Crippen LogP contribution < -0.4 is 0 Å². The third kappa shape index (κ3) is 2.20. The summed E-state index contributed by atoms with van der Waals surface area (Å²) in [4.78, 5) is 44.2. The maximum atomic E-state index is 12.5. The van der Waals surface area contributed by atoms with Crippen LogP contribution in [0.5, 0.6) is 0 Å². The second-order valence-electron chi connectivity index (χ2n) is 5.88. The first kappa shape index (κ1) is 14.6. The Balaban J connectivity index is 1.46. The quantitative estimate of drug-likeness (QED) is 0.783. The number of hydrogen-bond donors (Lipinski definition) is 0. The van der Waals surface area contributed by atoms with Crippen LogP contribution in [0.15, 0.2) is 41.1 Å². The van der Waals surface area contributed by atoms with Gasteiger partial charge in [0.15, 0.2) is 5.76 Å². The Bertz CT molecular complexity index is 772. The SMILES string of the molecule is O=C(c1ccco1)N1CCC(N2C(=O)c3cccnc3C2=O)CC1. The number of fused-ring (bicyclic) bond motifs is 1. The Kier molecular flexibility index (Phi) is 3.41. The Hall–Kier alpha value is -2.96. The highest BCUT2D eigenvalue weighted by molar-refractivity contribution is 6.20. The molecule has 2 aromatic heterocycles. The molecular formula is C17H15N3O4. The van der Waals surface area contributed by atoms with E-state index in [1.165, 1.54) is 17.4 Å². The summed E-state index contributed by atoms with van der Waals surface area (Å²) in [6.45, 7) is 0.954. The molecule has 0 N–H and O–H groups in total. The van der Waals surface area contributed by atoms with Gasteiger partial charge < -0.3 is 9.32 Å². The van der Waals surface area contributed by atoms with Crippen molar-refractivity contribution >= 4 is 17.7 Å². The number of hydrogen-bond acceptors (Lipinski definition) is 5. The van der Waals surface area contributed by atoms with Crippen LogP contribution in [-0.2, 0) is 0 Å². The number of furan rings is 1. The lowest BCUT2D eigenvalue weighted by Gasteiger charge is -2.35. The average Bonchev–Trinajstić information content (AvgIpc) is 3.23. The van der Waals surface area contributed by atoms with E-state index in [0.29, 0.717) is 37.3 Å². The van der Waals surface area contributed by atoms with Crippen molar-refractivity contribution in [3.05, 3.63) is 53.7 Å². The minimum atomic E-state index is -0.341. The van der Waals surface area contributed by atoms with Gasteiger partial charge in [0.05, 0.1) is 11.8 Å². The molecule has 1 fully saturated rings. The minimum Gasteiger partial charge on any atom is -0.459 e. The third-order valence-electron chi connectivity index (χ3n) is 4.53. The molecule has 0 aromatic carbocycles. The van der Waals surface area contributed by atoms with Gasteiger partial charge in [0.2, 0.25) is 0 Å². The average molecular weight is 325 g/mol. The van der Waals surface area contributed by atoms with Crippen LogP contribution in [0.2, 0.25) is 0 Å². The maximum Gasteiger partial charge on any atom is 0.289 e. The monoisotopic (exact) mass is 325 g/mol. The minimum absolute atomic E-state index is 0.164. The van der Waals surface area contributed by atoms with Crippen LogP contribution in [0, 0.1) is 0 Å². The van der Waals surface area contributed by atoms with Crippen molar-refractivity contribution in [1.82, 2.24) is 14.8 Å². The van der Waals surface area contributed by atoms with Crippen molar-refractivity contribution in [3.63, 3.8) is 0 Å². The summed E-state index contributed by atoms with van der Waals surface area (Å²) < 4.78 is 5.13. The fraction of sp³-hybridized carbons (Fsp3) is 0.294. The van der Waals surface area contributed by atoms with Crippen LogP contribution in [0.1, 0.15) is 44.2 Å². The van der Waals surface area contributed by atoms with Crippen molar-refractivity contribution in [2.75, 3.05) is 13.1 Å². The largest absolute Gasteiger partial charge is 0.459 e. The van der Waals surface area contributed by atoms with Gasteiger partial charge >= 0.3 is 0 Å². The van der Waals surface area contributed by atoms with Crippen LogP contribution >= 0.6 is 0 Å². The highest BCUT2D eigenvalue weighted by Crippen LogP contribution is 2.27. The zero-order chi connectivity index (χ0) is 16.7. The number of amides is 3. The first-order chi connectivity index (χ1) is 11.7. The lowest BCUT2D eigenvalue weighted by Crippen LogP contribution is -2.48. The van der Waals surface area contributed by atoms with E-state index in [1.807, 2.05) is 0 Å². The van der Waals surface area contributed by atoms with Crippen molar-refractivity contribution in [2.24, 2.45) is 0 Å². The predicted molar refractivity (Wildman–Crippen MR) is 82.4 cm³/mol. The summed E-state index contributed by atoms with van der Waals surface area (Å²) >= 11 is 0. The number of imide groups is 1. The van der Waals surface area contributed by atoms with E-state index in [9.17, 15) is 14.4 Å². The molecule has 0 saturated carbocycles. The lowest BCUT2D eigenvalue weighted by molar-refractivity contribution is 0.0468. The molecular weight excluding hydrogens is 310 g/mol. The van der Waals surface area contributed by atoms with Crippen LogP contribution in [0.3, 0.4) is 0 Å². The first-order valence-corrected chi connectivity index (χ1v) is 7.82. The molecule has 1 saturated heterocycles. The molecule has 24 heavy (non-hydrogen) atoms. The Morgan fingerprint density at radius 3 is 2.58 bits per heavy atom. The molecule has 0 spiro atoms. The highest BCUT2D eigenvalue weighted by atomic mass is 16.3. The summed E-state index contributed by atoms with van der Waals surface area (Å²) in [7, 11) is 0. The van der Waals surface area contributed by atoms with Gasteiger partial charge in [-0.1, -0.05) is 0 Å². The topological polar surface area (TPSA) is 83.7 Å². The Morgan fingerprint density at radius 2 is 1.92 bits per heavy atom. The van der Waals surface area contributed by atoms with Crippen molar-refractivity contribution in [2.45, 2.75) is 18.9 Å². The van der Waals surface area contributed by atoms with Crippen LogP contribution in [0.25, 0.3) is 0 Å². The normalized spacial score (nSPS) is 18.2. The van der Waals surface area contributed by atoms with Crippen molar-refractivity contribution in [3.8, 4) is 0 Å². The van der Waals surface area contributed by atoms with Gasteiger partial charge in [0.1, 0.15) is 5.69 Å². The predicted octanol–water partition coefficient (Wildman–Crippen LogP) is 1.58. The molecule has 0 aliphatic carbocycles. The smallest absolute Gasteiger partial charge is 0.289 e. The number of carbonyl (C=O) groups is 3. The van der Waals surface area contributed by atoms with E-state index in [2.05, 4.69) is 4.98 Å². The molecule has 7 nitrogen and oxygen atoms in total. The zero-order valence-electron chi connectivity index (χ0n) is 12.8. The molecule has 2 aromatic rings. The van der Waals surface area contributed by atoms with Gasteiger partial charge in [-0.05, 0) is 37.1 Å². The van der Waals surface area contributed by atoms with Gasteiger partial charge in [-0.2, -0.15) is 0 Å². The van der Waals surface area contributed by atoms with E-state index >= 15 is 0 Å². The van der Waals surface area contributed by atoms with Crippen molar-refractivity contribution in [1.29, 1.82) is 0 Å². The second kappa shape index (κ2) is 5.59. The highest BCUT2D eigenvalue weighted by Gasteiger charge is 2.42. The summed E-state index contributed by atoms with van der Waals surface area (Å²) in [5.41, 5.74) is 0.577. The second-order valence-corrected chi connectivity index (χ2v) is 5.88. The van der Waals surface area contributed by atoms with E-state index in [4.69, 9.17) is 4.42 Å². The fourth-order valence-corrected chi connectivity index (χ4v) is 3.30. The molecule has 3 amide bonds. The number of nitrogens with zero attached hydrogens (tertiary/aromatic N) is 3. The molecule has 0 atom stereocenters. The molecule has 4 heterocycles. The van der Waals surface area contributed by atoms with E-state index in [-0.39, 0.29) is 29.5 Å². The van der Waals surface area contributed by atoms with E-state index in [1.54, 1.807) is 29.2 Å². The number of likely N-dealkylation sites (tertiary alicyclic amines) is 1. The molecule has 0 bridgehead atoms. The maximum absolute atomic E-state index is 12.5. The number of rotatable bonds is 2. The van der Waals surface area contributed by atoms with Crippen LogP contribution in [0.4, 0.5) is 0 Å². The number of pyridine rings is 1. The van der Waals surface area contributed by atoms with Gasteiger partial charge in [-0.3, -0.25) is 24.3 Å². The number of carbonyl (C=O) groups excluding carboxylic acids is 3. The van der Waals surface area contributed by atoms with Gasteiger partial charge in [-0.15, -0.1) is 0 Å². The van der Waals surface area contributed by atoms with E-state index < -0.39 is 0 Å². The Labute approximate surface area is 137 Å². The third-order valence-corrected chi connectivity index (χ3v) is 4.53. The summed E-state index contributed by atoms with van der Waals surface area (Å²) in [6.07, 6.45) is 4.08. The van der Waals surface area contributed by atoms with Gasteiger partial charge in [0.25, 0.3) is 17.7 Å². The van der Waals surface area contributed by atoms with Gasteiger partial charge in [-0.25, -0.2) is 0 Å². The standard InChI is InChI=1S/C17H15N3O4/c21-15-12-3-1-7-18-14(12)17(23)20(15)11-5-8-19(9-6-11)16(22)13-4-2-10-24-13/h1-4,7,10-11H,5-6,8-9H2. The van der Waals surface area contributed by atoms with E-state index in [0.717, 1.165) is 0 Å². The molecule has 0 unspecified atom stereocenters. The van der Waals surface area contributed by atoms with Crippen molar-refractivity contribution < 1.29 is 18.8 Å². The summed E-state index contributed by atoms with van der Waals surface area (Å²) in [5, 5.41) is 0. The molecule has 2 aliphatic heterocycles. The summed E-state index contributed by atoms with van der Waals surface area (Å²) in [6, 6.07) is 6.37. The molecule has 122 valence electrons. The zero-order valence-corrected chi connectivity index (χ0v) is 12.8. The van der Waals surface area contributed by atoms with Gasteiger partial charge in [0, 0.05) is 25.3 Å². The number of piperidine rings is 1. The Morgan fingerprint density at radius 1 is 1.12 bits per heavy atom. The molecule has 2 aliphatic rings. The van der Waals surface area contributed by atoms with Crippen LogP contribution in [-0.4, -0.2) is 51.6 Å².